The molecule has 0 saturated heterocycles. The van der Waals surface area contributed by atoms with E-state index < -0.39 is 12.4 Å². The van der Waals surface area contributed by atoms with Crippen molar-refractivity contribution in [3.63, 3.8) is 0 Å². The summed E-state index contributed by atoms with van der Waals surface area (Å²) < 4.78 is 44.5. The Bertz CT molecular complexity index is 502. The Kier molecular flexibility index (Phi) is 7.32. The molecule has 2 rings (SSSR count). The Morgan fingerprint density at radius 2 is 1.85 bits per heavy atom. The van der Waals surface area contributed by atoms with Crippen LogP contribution in [0.5, 0.6) is 5.75 Å². The van der Waals surface area contributed by atoms with Crippen LogP contribution in [0.4, 0.5) is 12.9 Å². The predicted octanol–water partition coefficient (Wildman–Crippen LogP) is -0.589. The van der Waals surface area contributed by atoms with Crippen LogP contribution in [0, 0.1) is 0 Å². The molecular weight excluding hydrogens is 295 g/mol. The van der Waals surface area contributed by atoms with Gasteiger partial charge in [-0.25, -0.2) is 4.98 Å². The molecule has 102 valence electrons. The number of nitrogens with zero attached hydrogens (tertiary/aromatic N) is 2. The third-order valence-electron chi connectivity index (χ3n) is 2.65. The second kappa shape index (κ2) is 8.23. The summed E-state index contributed by atoms with van der Waals surface area (Å²) in [6, 6.07) is 4.79. The van der Waals surface area contributed by atoms with Gasteiger partial charge in [-0.2, -0.15) is 0 Å². The predicted molar refractivity (Wildman–Crippen MR) is 67.5 cm³/mol. The second-order valence-corrected chi connectivity index (χ2v) is 4.15. The maximum Gasteiger partial charge on any atom is 1.00 e. The van der Waals surface area contributed by atoms with E-state index in [0.29, 0.717) is 12.4 Å². The maximum atomic E-state index is 12.4. The van der Waals surface area contributed by atoms with Crippen molar-refractivity contribution in [2.24, 2.45) is 0 Å². The first kappa shape index (κ1) is 17.8. The number of aromatic nitrogens is 2. The Hall–Kier alpha value is -0.279. The zero-order valence-electron chi connectivity index (χ0n) is 11.2. The van der Waals surface area contributed by atoms with Crippen LogP contribution in [0.25, 0.3) is 0 Å². The number of halogens is 3. The summed E-state index contributed by atoms with van der Waals surface area (Å²) in [6.45, 7) is -3.71. The average molecular weight is 308 g/mol. The van der Waals surface area contributed by atoms with Crippen LogP contribution in [0.2, 0.25) is 0 Å². The van der Waals surface area contributed by atoms with Crippen molar-refractivity contribution < 1.29 is 69.1 Å². The van der Waals surface area contributed by atoms with Crippen LogP contribution in [-0.4, -0.2) is 23.1 Å². The van der Waals surface area contributed by atoms with E-state index in [4.69, 9.17) is 4.74 Å². The summed E-state index contributed by atoms with van der Waals surface area (Å²) in [5.41, 5.74) is -0.606. The molecule has 1 heterocycles. The van der Waals surface area contributed by atoms with Crippen molar-refractivity contribution in [3.8, 4) is 5.75 Å². The molecule has 0 aliphatic carbocycles. The smallest absolute Gasteiger partial charge is 0.494 e. The summed E-state index contributed by atoms with van der Waals surface area (Å²) in [7, 11) is 0. The van der Waals surface area contributed by atoms with Crippen LogP contribution < -0.4 is 61.6 Å². The first-order valence-corrected chi connectivity index (χ1v) is 5.94. The Labute approximate surface area is 158 Å². The van der Waals surface area contributed by atoms with Crippen molar-refractivity contribution in [2.75, 3.05) is 6.61 Å². The van der Waals surface area contributed by atoms with E-state index in [1.54, 1.807) is 12.5 Å². The van der Waals surface area contributed by atoms with Crippen molar-refractivity contribution in [1.29, 1.82) is 0 Å². The van der Waals surface area contributed by atoms with Crippen LogP contribution in [-0.2, 0) is 6.54 Å². The summed E-state index contributed by atoms with van der Waals surface area (Å²) in [4.78, 5) is 3.91. The molecule has 0 fully saturated rings. The van der Waals surface area contributed by atoms with Gasteiger partial charge in [0.25, 0.3) is 0 Å². The number of imidazole rings is 1. The van der Waals surface area contributed by atoms with E-state index in [0.717, 1.165) is 25.1 Å². The summed E-state index contributed by atoms with van der Waals surface area (Å²) in [5, 5.41) is 0. The zero-order chi connectivity index (χ0) is 13.7. The number of rotatable bonds is 6. The fraction of sp³-hybridized carbons (Fsp3) is 0.250. The summed E-state index contributed by atoms with van der Waals surface area (Å²) >= 11 is 0. The minimum absolute atomic E-state index is 0. The van der Waals surface area contributed by atoms with E-state index in [-0.39, 0.29) is 51.4 Å². The van der Waals surface area contributed by atoms with Gasteiger partial charge >= 0.3 is 58.4 Å². The molecule has 1 aromatic heterocycles. The molecule has 20 heavy (non-hydrogen) atoms. The van der Waals surface area contributed by atoms with Gasteiger partial charge in [0.15, 0.2) is 0 Å². The molecule has 0 atom stereocenters. The van der Waals surface area contributed by atoms with Crippen LogP contribution >= 0.6 is 0 Å². The second-order valence-electron chi connectivity index (χ2n) is 4.15. The van der Waals surface area contributed by atoms with E-state index in [1.807, 2.05) is 10.8 Å². The largest absolute Gasteiger partial charge is 1.00 e. The molecule has 2 aromatic rings. The van der Waals surface area contributed by atoms with Gasteiger partial charge in [0.1, 0.15) is 5.75 Å². The SMILES string of the molecule is F[B-](F)(F)c1ccc(OCCCn2ccnc2)cc1.[K+]. The van der Waals surface area contributed by atoms with Crippen LogP contribution in [0.1, 0.15) is 6.42 Å². The van der Waals surface area contributed by atoms with Gasteiger partial charge in [-0.05, 0) is 18.6 Å². The maximum absolute atomic E-state index is 12.4. The third-order valence-corrected chi connectivity index (χ3v) is 2.65. The molecule has 0 N–H and O–H groups in total. The zero-order valence-corrected chi connectivity index (χ0v) is 14.3. The fourth-order valence-corrected chi connectivity index (χ4v) is 1.64. The monoisotopic (exact) mass is 308 g/mol. The summed E-state index contributed by atoms with van der Waals surface area (Å²) in [6.07, 6.45) is 6.01. The number of hydrogen-bond donors (Lipinski definition) is 0. The van der Waals surface area contributed by atoms with Gasteiger partial charge in [-0.1, -0.05) is 12.1 Å². The fourth-order valence-electron chi connectivity index (χ4n) is 1.64. The Balaban J connectivity index is 0.00000200. The average Bonchev–Trinajstić information content (AvgIpc) is 2.87. The van der Waals surface area contributed by atoms with Crippen molar-refractivity contribution in [1.82, 2.24) is 9.55 Å². The molecule has 0 aliphatic heterocycles. The van der Waals surface area contributed by atoms with E-state index in [9.17, 15) is 12.9 Å². The van der Waals surface area contributed by atoms with E-state index >= 15 is 0 Å². The number of benzene rings is 1. The first-order chi connectivity index (χ1) is 9.05. The molecule has 0 radical (unpaired) electrons. The molecule has 1 aromatic carbocycles. The normalized spacial score (nSPS) is 10.9. The van der Waals surface area contributed by atoms with Gasteiger partial charge < -0.3 is 22.3 Å². The standard InChI is InChI=1S/C12H13BF3N2O.K/c14-13(15,16)11-2-4-12(5-3-11)19-9-1-7-18-8-6-17-10-18;/h2-6,8,10H,1,7,9H2;/q-1;+1. The number of ether oxygens (including phenoxy) is 1. The van der Waals surface area contributed by atoms with Gasteiger partial charge in [0.05, 0.1) is 12.9 Å². The van der Waals surface area contributed by atoms with E-state index in [2.05, 4.69) is 4.98 Å². The van der Waals surface area contributed by atoms with E-state index in [1.165, 1.54) is 12.1 Å². The molecule has 0 unspecified atom stereocenters. The van der Waals surface area contributed by atoms with Crippen LogP contribution in [0.15, 0.2) is 43.0 Å². The van der Waals surface area contributed by atoms with Crippen molar-refractivity contribution in [2.45, 2.75) is 13.0 Å². The van der Waals surface area contributed by atoms with Gasteiger partial charge in [0, 0.05) is 18.9 Å². The molecule has 0 spiro atoms. The molecule has 0 bridgehead atoms. The third kappa shape index (κ3) is 5.61. The number of aryl methyl sites for hydroxylation is 1. The molecule has 0 saturated carbocycles. The minimum Gasteiger partial charge on any atom is -0.494 e. The van der Waals surface area contributed by atoms with Crippen LogP contribution in [0.3, 0.4) is 0 Å². The quantitative estimate of drug-likeness (QED) is 0.527. The molecule has 0 aliphatic rings. The van der Waals surface area contributed by atoms with Gasteiger partial charge in [-0.15, -0.1) is 5.46 Å². The summed E-state index contributed by atoms with van der Waals surface area (Å²) in [5.74, 6) is 0.453. The number of hydrogen-bond acceptors (Lipinski definition) is 2. The first-order valence-electron chi connectivity index (χ1n) is 5.94. The minimum atomic E-state index is -4.93. The molecule has 8 heteroatoms. The Morgan fingerprint density at radius 3 is 2.40 bits per heavy atom. The topological polar surface area (TPSA) is 27.1 Å². The Morgan fingerprint density at radius 1 is 1.15 bits per heavy atom. The molecule has 0 amide bonds. The molecular formula is C12H13BF3KN2O. The van der Waals surface area contributed by atoms with Gasteiger partial charge in [-0.3, -0.25) is 0 Å². The van der Waals surface area contributed by atoms with Crippen molar-refractivity contribution >= 4 is 12.4 Å². The van der Waals surface area contributed by atoms with Gasteiger partial charge in [0.2, 0.25) is 0 Å². The van der Waals surface area contributed by atoms with Crippen molar-refractivity contribution in [3.05, 3.63) is 43.0 Å². The molecule has 3 nitrogen and oxygen atoms in total.